The number of aliphatic hydroxyl groups is 1. The Morgan fingerprint density at radius 3 is 1.89 bits per heavy atom. The molecule has 0 radical (unpaired) electrons. The third-order valence-corrected chi connectivity index (χ3v) is 4.37. The van der Waals surface area contributed by atoms with E-state index >= 15 is 0 Å². The number of ether oxygens (including phenoxy) is 3. The minimum absolute atomic E-state index is 0.0193. The minimum atomic E-state index is -1.42. The van der Waals surface area contributed by atoms with Crippen LogP contribution in [-0.2, 0) is 33.4 Å². The average Bonchev–Trinajstić information content (AvgIpc) is 2.57. The van der Waals surface area contributed by atoms with Crippen LogP contribution in [0, 0.1) is 17.8 Å². The van der Waals surface area contributed by atoms with E-state index in [2.05, 4.69) is 4.74 Å². The summed E-state index contributed by atoms with van der Waals surface area (Å²) in [5, 5.41) is 36.4. The molecule has 4 N–H and O–H groups in total. The number of carboxylic acids is 3. The first-order chi connectivity index (χ1) is 12.7. The first-order valence-electron chi connectivity index (χ1n) is 8.32. The number of carbonyl (C=O) groups is 4. The lowest BCUT2D eigenvalue weighted by molar-refractivity contribution is -0.260. The molecule has 5 atom stereocenters. The van der Waals surface area contributed by atoms with E-state index in [1.807, 2.05) is 0 Å². The number of rotatable bonds is 11. The molecule has 0 amide bonds. The van der Waals surface area contributed by atoms with Crippen molar-refractivity contribution in [2.24, 2.45) is 17.8 Å². The van der Waals surface area contributed by atoms with Crippen LogP contribution in [0.15, 0.2) is 0 Å². The second-order valence-electron chi connectivity index (χ2n) is 6.18. The predicted octanol–water partition coefficient (Wildman–Crippen LogP) is -0.444. The predicted molar refractivity (Wildman–Crippen MR) is 85.6 cm³/mol. The highest BCUT2D eigenvalue weighted by Gasteiger charge is 2.51. The van der Waals surface area contributed by atoms with Crippen LogP contribution in [0.3, 0.4) is 0 Å². The van der Waals surface area contributed by atoms with Gasteiger partial charge in [0.25, 0.3) is 0 Å². The van der Waals surface area contributed by atoms with Crippen molar-refractivity contribution >= 4 is 23.9 Å². The average molecular weight is 392 g/mol. The molecule has 0 saturated carbocycles. The highest BCUT2D eigenvalue weighted by Crippen LogP contribution is 2.42. The molecule has 1 heterocycles. The van der Waals surface area contributed by atoms with Gasteiger partial charge in [-0.15, -0.1) is 0 Å². The lowest BCUT2D eigenvalue weighted by Gasteiger charge is -2.44. The van der Waals surface area contributed by atoms with Gasteiger partial charge in [0.2, 0.25) is 0 Å². The first kappa shape index (κ1) is 22.8. The molecule has 0 spiro atoms. The fourth-order valence-electron chi connectivity index (χ4n) is 3.28. The topological polar surface area (TPSA) is 177 Å². The van der Waals surface area contributed by atoms with E-state index < -0.39 is 73.3 Å². The van der Waals surface area contributed by atoms with Gasteiger partial charge < -0.3 is 34.6 Å². The van der Waals surface area contributed by atoms with Crippen LogP contribution in [0.2, 0.25) is 0 Å². The highest BCUT2D eigenvalue weighted by molar-refractivity contribution is 5.77. The van der Waals surface area contributed by atoms with Gasteiger partial charge in [0, 0.05) is 24.9 Å². The summed E-state index contributed by atoms with van der Waals surface area (Å²) in [6, 6.07) is 0. The van der Waals surface area contributed by atoms with Gasteiger partial charge in [0.15, 0.2) is 12.4 Å². The molecular weight excluding hydrogens is 368 g/mol. The monoisotopic (exact) mass is 392 g/mol. The quantitative estimate of drug-likeness (QED) is 0.264. The minimum Gasteiger partial charge on any atom is -0.481 e. The van der Waals surface area contributed by atoms with Crippen LogP contribution < -0.4 is 0 Å². The Balaban J connectivity index is 3.27. The van der Waals surface area contributed by atoms with Crippen LogP contribution in [0.4, 0.5) is 0 Å². The molecule has 154 valence electrons. The standard InChI is InChI=1S/C16H24O11/c1-25-15(24)14-9(6-12(20)21)8(5-11(18)19)10(7-13(22)23)16(27-14)26-4-2-3-17/h8-10,14,16-17H,2-7H2,1H3,(H,18,19)(H,20,21)(H,22,23)/t8?,9-,10+,14-,16+/m0/s1. The number of carbonyl (C=O) groups excluding carboxylic acids is 1. The maximum atomic E-state index is 12.1. The Morgan fingerprint density at radius 1 is 0.889 bits per heavy atom. The van der Waals surface area contributed by atoms with E-state index in [1.165, 1.54) is 0 Å². The zero-order chi connectivity index (χ0) is 20.6. The van der Waals surface area contributed by atoms with Gasteiger partial charge in [-0.05, 0) is 12.3 Å². The van der Waals surface area contributed by atoms with Crippen LogP contribution in [0.25, 0.3) is 0 Å². The van der Waals surface area contributed by atoms with Gasteiger partial charge in [0.05, 0.1) is 26.6 Å². The molecule has 0 aromatic heterocycles. The van der Waals surface area contributed by atoms with Gasteiger partial charge in [-0.3, -0.25) is 14.4 Å². The van der Waals surface area contributed by atoms with Gasteiger partial charge in [-0.25, -0.2) is 4.79 Å². The van der Waals surface area contributed by atoms with E-state index in [1.54, 1.807) is 0 Å². The van der Waals surface area contributed by atoms with E-state index in [0.29, 0.717) is 0 Å². The number of aliphatic carboxylic acids is 3. The highest BCUT2D eigenvalue weighted by atomic mass is 16.7. The molecule has 0 aromatic carbocycles. The van der Waals surface area contributed by atoms with E-state index in [0.717, 1.165) is 7.11 Å². The lowest BCUT2D eigenvalue weighted by Crippen LogP contribution is -2.53. The van der Waals surface area contributed by atoms with E-state index in [-0.39, 0.29) is 19.6 Å². The Labute approximate surface area is 154 Å². The summed E-state index contributed by atoms with van der Waals surface area (Å²) in [6.45, 7) is -0.217. The van der Waals surface area contributed by atoms with Crippen molar-refractivity contribution in [3.05, 3.63) is 0 Å². The Morgan fingerprint density at radius 2 is 1.41 bits per heavy atom. The summed E-state index contributed by atoms with van der Waals surface area (Å²) in [5.41, 5.74) is 0. The van der Waals surface area contributed by atoms with Crippen LogP contribution >= 0.6 is 0 Å². The summed E-state index contributed by atoms with van der Waals surface area (Å²) in [4.78, 5) is 45.9. The van der Waals surface area contributed by atoms with Gasteiger partial charge in [-0.2, -0.15) is 0 Å². The first-order valence-corrected chi connectivity index (χ1v) is 8.32. The molecule has 0 aromatic rings. The number of hydrogen-bond acceptors (Lipinski definition) is 8. The van der Waals surface area contributed by atoms with Gasteiger partial charge in [-0.1, -0.05) is 0 Å². The summed E-state index contributed by atoms with van der Waals surface area (Å²) in [7, 11) is 1.07. The third kappa shape index (κ3) is 6.77. The van der Waals surface area contributed by atoms with Crippen LogP contribution in [0.1, 0.15) is 25.7 Å². The summed E-state index contributed by atoms with van der Waals surface area (Å²) in [6.07, 6.45) is -4.16. The van der Waals surface area contributed by atoms with Crippen molar-refractivity contribution < 1.29 is 53.8 Å². The fraction of sp³-hybridized carbons (Fsp3) is 0.750. The fourth-order valence-corrected chi connectivity index (χ4v) is 3.28. The molecule has 1 aliphatic rings. The van der Waals surface area contributed by atoms with Crippen molar-refractivity contribution in [2.45, 2.75) is 38.1 Å². The molecule has 11 heteroatoms. The Bertz CT molecular complexity index is 546. The van der Waals surface area contributed by atoms with Crippen molar-refractivity contribution in [3.8, 4) is 0 Å². The van der Waals surface area contributed by atoms with Gasteiger partial charge >= 0.3 is 23.9 Å². The zero-order valence-corrected chi connectivity index (χ0v) is 14.8. The number of methoxy groups -OCH3 is 1. The second-order valence-corrected chi connectivity index (χ2v) is 6.18. The smallest absolute Gasteiger partial charge is 0.335 e. The summed E-state index contributed by atoms with van der Waals surface area (Å²) < 4.78 is 15.6. The number of aliphatic hydroxyl groups excluding tert-OH is 1. The number of hydrogen-bond donors (Lipinski definition) is 4. The van der Waals surface area contributed by atoms with Crippen molar-refractivity contribution in [1.29, 1.82) is 0 Å². The molecular formula is C16H24O11. The van der Waals surface area contributed by atoms with E-state index in [4.69, 9.17) is 19.7 Å². The normalized spacial score (nSPS) is 27.7. The molecule has 1 unspecified atom stereocenters. The Kier molecular flexibility index (Phi) is 9.12. The SMILES string of the molecule is COC(=O)[C@H]1O[C@@H](OCCCO)[C@H](CC(=O)O)C(CC(=O)O)[C@@H]1CC(=O)O. The summed E-state index contributed by atoms with van der Waals surface area (Å²) in [5.74, 6) is -7.82. The maximum Gasteiger partial charge on any atom is 0.335 e. The Hall–Kier alpha value is -2.24. The molecule has 0 aliphatic carbocycles. The molecule has 1 fully saturated rings. The molecule has 1 rings (SSSR count). The van der Waals surface area contributed by atoms with Crippen LogP contribution in [-0.4, -0.2) is 77.0 Å². The second kappa shape index (κ2) is 10.8. The van der Waals surface area contributed by atoms with Crippen molar-refractivity contribution in [3.63, 3.8) is 0 Å². The molecule has 11 nitrogen and oxygen atoms in total. The third-order valence-electron chi connectivity index (χ3n) is 4.37. The van der Waals surface area contributed by atoms with E-state index in [9.17, 15) is 29.4 Å². The van der Waals surface area contributed by atoms with Gasteiger partial charge in [0.1, 0.15) is 0 Å². The van der Waals surface area contributed by atoms with Crippen molar-refractivity contribution in [1.82, 2.24) is 0 Å². The zero-order valence-electron chi connectivity index (χ0n) is 14.8. The largest absolute Gasteiger partial charge is 0.481 e. The molecule has 1 saturated heterocycles. The number of carboxylic acid groups (broad SMARTS) is 3. The molecule has 1 aliphatic heterocycles. The summed E-state index contributed by atoms with van der Waals surface area (Å²) >= 11 is 0. The maximum absolute atomic E-state index is 12.1. The molecule has 0 bridgehead atoms. The van der Waals surface area contributed by atoms with Crippen molar-refractivity contribution in [2.75, 3.05) is 20.3 Å². The lowest BCUT2D eigenvalue weighted by atomic mass is 9.71. The van der Waals surface area contributed by atoms with Crippen LogP contribution in [0.5, 0.6) is 0 Å². The molecule has 27 heavy (non-hydrogen) atoms. The number of esters is 1.